The largest absolute Gasteiger partial charge is 0.457 e. The molecule has 0 saturated heterocycles. The molecule has 3 rings (SSSR count). The molecule has 0 aromatic heterocycles. The van der Waals surface area contributed by atoms with Crippen molar-refractivity contribution in [3.63, 3.8) is 0 Å². The Hall–Kier alpha value is -2.82. The van der Waals surface area contributed by atoms with E-state index in [4.69, 9.17) is 4.74 Å². The van der Waals surface area contributed by atoms with E-state index >= 15 is 0 Å². The van der Waals surface area contributed by atoms with Gasteiger partial charge in [-0.3, -0.25) is 9.59 Å². The molecule has 1 aliphatic carbocycles. The maximum atomic E-state index is 12.3. The second-order valence-corrected chi connectivity index (χ2v) is 8.47. The Morgan fingerprint density at radius 2 is 1.81 bits per heavy atom. The summed E-state index contributed by atoms with van der Waals surface area (Å²) in [5, 5.41) is 2.96. The lowest BCUT2D eigenvalue weighted by molar-refractivity contribution is -0.117. The van der Waals surface area contributed by atoms with Crippen molar-refractivity contribution in [2.45, 2.75) is 72.3 Å². The Bertz CT molecular complexity index is 932. The molecule has 1 saturated carbocycles. The number of nitrogens with zero attached hydrogens (tertiary/aromatic N) is 1. The van der Waals surface area contributed by atoms with Crippen LogP contribution < -0.4 is 15.0 Å². The molecule has 166 valence electrons. The van der Waals surface area contributed by atoms with Gasteiger partial charge in [0, 0.05) is 30.8 Å². The topological polar surface area (TPSA) is 58.6 Å². The predicted molar refractivity (Wildman–Crippen MR) is 125 cm³/mol. The Kier molecular flexibility index (Phi) is 7.72. The third-order valence-corrected chi connectivity index (χ3v) is 5.95. The van der Waals surface area contributed by atoms with Gasteiger partial charge in [0.15, 0.2) is 0 Å². The van der Waals surface area contributed by atoms with Gasteiger partial charge in [-0.05, 0) is 80.6 Å². The third-order valence-electron chi connectivity index (χ3n) is 5.95. The molecule has 1 aliphatic rings. The standard InChI is InChI=1S/C26H34N2O3/c1-5-6-15-27-26(30)24-13-12-23(17-18(24)2)31-25-14-11-22(16-19(25)3)28(20(4)29)21-9-7-8-10-21/h11-14,16-17,21H,5-10,15H2,1-4H3,(H,27,30). The number of aryl methyl sites for hydroxylation is 2. The smallest absolute Gasteiger partial charge is 0.251 e. The van der Waals surface area contributed by atoms with E-state index in [1.165, 1.54) is 12.8 Å². The molecule has 1 fully saturated rings. The van der Waals surface area contributed by atoms with Crippen LogP contribution in [0.4, 0.5) is 5.69 Å². The first-order chi connectivity index (χ1) is 14.9. The monoisotopic (exact) mass is 422 g/mol. The number of carbonyl (C=O) groups is 2. The van der Waals surface area contributed by atoms with E-state index < -0.39 is 0 Å². The number of benzene rings is 2. The van der Waals surface area contributed by atoms with Crippen molar-refractivity contribution in [1.29, 1.82) is 0 Å². The van der Waals surface area contributed by atoms with Gasteiger partial charge >= 0.3 is 0 Å². The summed E-state index contributed by atoms with van der Waals surface area (Å²) in [6.07, 6.45) is 6.52. The maximum Gasteiger partial charge on any atom is 0.251 e. The number of ether oxygens (including phenoxy) is 1. The first kappa shape index (κ1) is 22.9. The SMILES string of the molecule is CCCCNC(=O)c1ccc(Oc2ccc(N(C(C)=O)C3CCCC3)cc2C)cc1C. The highest BCUT2D eigenvalue weighted by molar-refractivity contribution is 5.95. The summed E-state index contributed by atoms with van der Waals surface area (Å²) in [5.74, 6) is 1.48. The summed E-state index contributed by atoms with van der Waals surface area (Å²) >= 11 is 0. The average Bonchev–Trinajstić information content (AvgIpc) is 3.24. The van der Waals surface area contributed by atoms with Crippen LogP contribution in [0.1, 0.15) is 73.9 Å². The molecule has 0 aliphatic heterocycles. The van der Waals surface area contributed by atoms with Gasteiger partial charge in [-0.2, -0.15) is 0 Å². The van der Waals surface area contributed by atoms with Crippen LogP contribution in [0.2, 0.25) is 0 Å². The summed E-state index contributed by atoms with van der Waals surface area (Å²) in [4.78, 5) is 26.6. The normalized spacial score (nSPS) is 13.8. The molecule has 2 aromatic carbocycles. The maximum absolute atomic E-state index is 12.3. The highest BCUT2D eigenvalue weighted by Crippen LogP contribution is 2.33. The fourth-order valence-corrected chi connectivity index (χ4v) is 4.27. The average molecular weight is 423 g/mol. The zero-order valence-electron chi connectivity index (χ0n) is 19.2. The first-order valence-corrected chi connectivity index (χ1v) is 11.4. The Morgan fingerprint density at radius 3 is 2.42 bits per heavy atom. The van der Waals surface area contributed by atoms with E-state index in [0.717, 1.165) is 48.2 Å². The zero-order chi connectivity index (χ0) is 22.4. The second-order valence-electron chi connectivity index (χ2n) is 8.47. The molecular formula is C26H34N2O3. The van der Waals surface area contributed by atoms with Crippen LogP contribution in [0.3, 0.4) is 0 Å². The number of unbranched alkanes of at least 4 members (excludes halogenated alkanes) is 1. The summed E-state index contributed by atoms with van der Waals surface area (Å²) in [6.45, 7) is 8.35. The van der Waals surface area contributed by atoms with Crippen molar-refractivity contribution in [2.24, 2.45) is 0 Å². The highest BCUT2D eigenvalue weighted by atomic mass is 16.5. The van der Waals surface area contributed by atoms with Crippen molar-refractivity contribution in [3.05, 3.63) is 53.1 Å². The van der Waals surface area contributed by atoms with Gasteiger partial charge in [-0.25, -0.2) is 0 Å². The van der Waals surface area contributed by atoms with Crippen molar-refractivity contribution < 1.29 is 14.3 Å². The van der Waals surface area contributed by atoms with Gasteiger partial charge in [0.05, 0.1) is 0 Å². The van der Waals surface area contributed by atoms with E-state index in [9.17, 15) is 9.59 Å². The Morgan fingerprint density at radius 1 is 1.06 bits per heavy atom. The second kappa shape index (κ2) is 10.5. The Labute approximate surface area is 185 Å². The fraction of sp³-hybridized carbons (Fsp3) is 0.462. The summed E-state index contributed by atoms with van der Waals surface area (Å²) < 4.78 is 6.11. The van der Waals surface area contributed by atoms with E-state index in [-0.39, 0.29) is 11.8 Å². The zero-order valence-corrected chi connectivity index (χ0v) is 19.2. The lowest BCUT2D eigenvalue weighted by atomic mass is 10.1. The molecule has 0 heterocycles. The van der Waals surface area contributed by atoms with Crippen molar-refractivity contribution >= 4 is 17.5 Å². The van der Waals surface area contributed by atoms with Crippen molar-refractivity contribution in [2.75, 3.05) is 11.4 Å². The minimum atomic E-state index is -0.0470. The molecule has 0 spiro atoms. The molecule has 5 heteroatoms. The molecule has 0 atom stereocenters. The molecule has 1 N–H and O–H groups in total. The first-order valence-electron chi connectivity index (χ1n) is 11.4. The molecule has 31 heavy (non-hydrogen) atoms. The molecule has 0 unspecified atom stereocenters. The fourth-order valence-electron chi connectivity index (χ4n) is 4.27. The minimum Gasteiger partial charge on any atom is -0.457 e. The van der Waals surface area contributed by atoms with Crippen molar-refractivity contribution in [1.82, 2.24) is 5.32 Å². The van der Waals surface area contributed by atoms with Gasteiger partial charge in [-0.1, -0.05) is 26.2 Å². The number of anilines is 1. The molecule has 2 aromatic rings. The summed E-state index contributed by atoms with van der Waals surface area (Å²) in [6, 6.07) is 11.7. The van der Waals surface area contributed by atoms with Crippen LogP contribution in [0, 0.1) is 13.8 Å². The van der Waals surface area contributed by atoms with Gasteiger partial charge in [0.2, 0.25) is 5.91 Å². The number of nitrogens with one attached hydrogen (secondary N) is 1. The van der Waals surface area contributed by atoms with E-state index in [1.54, 1.807) is 6.92 Å². The van der Waals surface area contributed by atoms with Crippen LogP contribution >= 0.6 is 0 Å². The predicted octanol–water partition coefficient (Wildman–Crippen LogP) is 5.92. The lowest BCUT2D eigenvalue weighted by Gasteiger charge is -2.28. The van der Waals surface area contributed by atoms with Crippen LogP contribution in [-0.2, 0) is 4.79 Å². The quantitative estimate of drug-likeness (QED) is 0.537. The molecule has 5 nitrogen and oxygen atoms in total. The molecule has 0 bridgehead atoms. The molecular weight excluding hydrogens is 388 g/mol. The van der Waals surface area contributed by atoms with Gasteiger partial charge in [-0.15, -0.1) is 0 Å². The number of hydrogen-bond donors (Lipinski definition) is 1. The van der Waals surface area contributed by atoms with E-state index in [1.807, 2.05) is 55.1 Å². The van der Waals surface area contributed by atoms with E-state index in [0.29, 0.717) is 23.9 Å². The number of carbonyl (C=O) groups excluding carboxylic acids is 2. The highest BCUT2D eigenvalue weighted by Gasteiger charge is 2.26. The minimum absolute atomic E-state index is 0.0470. The molecule has 2 amide bonds. The number of rotatable bonds is 8. The number of hydrogen-bond acceptors (Lipinski definition) is 3. The van der Waals surface area contributed by atoms with Crippen molar-refractivity contribution in [3.8, 4) is 11.5 Å². The summed E-state index contributed by atoms with van der Waals surface area (Å²) in [7, 11) is 0. The van der Waals surface area contributed by atoms with Gasteiger partial charge in [0.1, 0.15) is 11.5 Å². The van der Waals surface area contributed by atoms with Crippen LogP contribution in [-0.4, -0.2) is 24.4 Å². The van der Waals surface area contributed by atoms with Crippen LogP contribution in [0.15, 0.2) is 36.4 Å². The third kappa shape index (κ3) is 5.66. The summed E-state index contributed by atoms with van der Waals surface area (Å²) in [5.41, 5.74) is 3.45. The van der Waals surface area contributed by atoms with Crippen LogP contribution in [0.25, 0.3) is 0 Å². The van der Waals surface area contributed by atoms with Gasteiger partial charge in [0.25, 0.3) is 5.91 Å². The van der Waals surface area contributed by atoms with Crippen LogP contribution in [0.5, 0.6) is 11.5 Å². The lowest BCUT2D eigenvalue weighted by Crippen LogP contribution is -2.37. The van der Waals surface area contributed by atoms with Gasteiger partial charge < -0.3 is 15.0 Å². The number of amides is 2. The molecule has 0 radical (unpaired) electrons. The Balaban J connectivity index is 1.73. The van der Waals surface area contributed by atoms with E-state index in [2.05, 4.69) is 12.2 Å².